The van der Waals surface area contributed by atoms with Crippen molar-refractivity contribution in [3.05, 3.63) is 0 Å². The van der Waals surface area contributed by atoms with E-state index in [2.05, 4.69) is 14.1 Å². The molecule has 0 saturated carbocycles. The second kappa shape index (κ2) is 5.32. The number of Topliss-reactive ketones (excluding diaryl/α,β-unsaturated/α-hetero) is 1. The van der Waals surface area contributed by atoms with Crippen LogP contribution in [0, 0.1) is 0 Å². The number of piperidine rings is 1. The SMILES string of the molecule is C[N+]1(C)CCCC(=O)C1.O=S(=O)([O-])C(F)(F)F. The summed E-state index contributed by atoms with van der Waals surface area (Å²) in [6, 6.07) is 0. The van der Waals surface area contributed by atoms with Gasteiger partial charge in [-0.1, -0.05) is 0 Å². The average Bonchev–Trinajstić information content (AvgIpc) is 1.97. The molecule has 0 aromatic heterocycles. The molecule has 0 aliphatic carbocycles. The van der Waals surface area contributed by atoms with Gasteiger partial charge in [0.2, 0.25) is 0 Å². The molecule has 17 heavy (non-hydrogen) atoms. The lowest BCUT2D eigenvalue weighted by Crippen LogP contribution is -2.47. The van der Waals surface area contributed by atoms with Gasteiger partial charge < -0.3 is 9.04 Å². The smallest absolute Gasteiger partial charge is 0.485 e. The highest BCUT2D eigenvalue weighted by atomic mass is 32.2. The Hall–Kier alpha value is -0.670. The maximum Gasteiger partial charge on any atom is 0.485 e. The fourth-order valence-electron chi connectivity index (χ4n) is 1.34. The van der Waals surface area contributed by atoms with Crippen LogP contribution in [-0.4, -0.2) is 55.9 Å². The van der Waals surface area contributed by atoms with Crippen LogP contribution in [0.5, 0.6) is 0 Å². The number of halogens is 3. The van der Waals surface area contributed by atoms with Gasteiger partial charge in [0, 0.05) is 12.8 Å². The fraction of sp³-hybridized carbons (Fsp3) is 0.875. The summed E-state index contributed by atoms with van der Waals surface area (Å²) in [5.41, 5.74) is -5.65. The van der Waals surface area contributed by atoms with Crippen LogP contribution in [0.1, 0.15) is 12.8 Å². The summed E-state index contributed by atoms with van der Waals surface area (Å²) in [5.74, 6) is 0.422. The highest BCUT2D eigenvalue weighted by Crippen LogP contribution is 2.20. The molecule has 1 aliphatic heterocycles. The maximum absolute atomic E-state index is 10.9. The first-order valence-electron chi connectivity index (χ1n) is 4.71. The van der Waals surface area contributed by atoms with Gasteiger partial charge in [0.05, 0.1) is 20.6 Å². The summed E-state index contributed by atoms with van der Waals surface area (Å²) < 4.78 is 59.8. The second-order valence-electron chi connectivity index (χ2n) is 4.36. The molecule has 1 heterocycles. The molecule has 1 rings (SSSR count). The van der Waals surface area contributed by atoms with Crippen LogP contribution in [0.2, 0.25) is 0 Å². The molecule has 1 saturated heterocycles. The standard InChI is InChI=1S/C7H14NO.CHF3O3S/c1-8(2)5-3-4-7(9)6-8;2-1(3,4)8(5,6)7/h3-6H2,1-2H3;(H,5,6,7)/q+1;/p-1. The minimum absolute atomic E-state index is 0.422. The van der Waals surface area contributed by atoms with Gasteiger partial charge in [0.25, 0.3) is 0 Å². The van der Waals surface area contributed by atoms with E-state index in [1.807, 2.05) is 0 Å². The molecule has 0 amide bonds. The molecule has 0 aromatic carbocycles. The molecule has 5 nitrogen and oxygen atoms in total. The molecule has 0 spiro atoms. The minimum atomic E-state index is -6.09. The number of likely N-dealkylation sites (N-methyl/N-ethyl adjacent to an activating group) is 1. The first kappa shape index (κ1) is 16.3. The van der Waals surface area contributed by atoms with Crippen molar-refractivity contribution in [1.82, 2.24) is 0 Å². The van der Waals surface area contributed by atoms with Gasteiger partial charge in [-0.05, 0) is 0 Å². The van der Waals surface area contributed by atoms with Crippen molar-refractivity contribution in [2.45, 2.75) is 18.3 Å². The van der Waals surface area contributed by atoms with Crippen LogP contribution in [0.15, 0.2) is 0 Å². The van der Waals surface area contributed by atoms with Gasteiger partial charge in [-0.3, -0.25) is 4.79 Å². The first-order chi connectivity index (χ1) is 7.35. The van der Waals surface area contributed by atoms with Gasteiger partial charge in [-0.25, -0.2) is 8.42 Å². The Balaban J connectivity index is 0.000000304. The van der Waals surface area contributed by atoms with Gasteiger partial charge in [-0.15, -0.1) is 0 Å². The summed E-state index contributed by atoms with van der Waals surface area (Å²) in [5, 5.41) is 0. The van der Waals surface area contributed by atoms with E-state index in [9.17, 15) is 18.0 Å². The van der Waals surface area contributed by atoms with E-state index in [0.29, 0.717) is 5.78 Å². The number of likely N-dealkylation sites (tertiary alicyclic amines) is 1. The molecule has 0 unspecified atom stereocenters. The lowest BCUT2D eigenvalue weighted by molar-refractivity contribution is -0.885. The summed E-state index contributed by atoms with van der Waals surface area (Å²) >= 11 is 0. The Morgan fingerprint density at radius 1 is 1.29 bits per heavy atom. The van der Waals surface area contributed by atoms with Gasteiger partial charge in [0.1, 0.15) is 6.54 Å². The molecular weight excluding hydrogens is 263 g/mol. The zero-order valence-electron chi connectivity index (χ0n) is 9.45. The summed E-state index contributed by atoms with van der Waals surface area (Å²) in [7, 11) is -1.87. The van der Waals surface area contributed by atoms with Crippen molar-refractivity contribution in [3.63, 3.8) is 0 Å². The number of rotatable bonds is 0. The van der Waals surface area contributed by atoms with E-state index in [1.165, 1.54) is 0 Å². The number of hydrogen-bond donors (Lipinski definition) is 0. The van der Waals surface area contributed by atoms with Crippen molar-refractivity contribution in [1.29, 1.82) is 0 Å². The molecule has 102 valence electrons. The van der Waals surface area contributed by atoms with E-state index in [0.717, 1.165) is 30.4 Å². The van der Waals surface area contributed by atoms with Crippen LogP contribution in [0.4, 0.5) is 13.2 Å². The minimum Gasteiger partial charge on any atom is -0.741 e. The van der Waals surface area contributed by atoms with E-state index in [1.54, 1.807) is 0 Å². The summed E-state index contributed by atoms with van der Waals surface area (Å²) in [6.07, 6.45) is 1.88. The molecule has 0 aromatic rings. The molecule has 0 N–H and O–H groups in total. The first-order valence-corrected chi connectivity index (χ1v) is 6.12. The third kappa shape index (κ3) is 6.59. The Kier molecular flexibility index (Phi) is 5.11. The van der Waals surface area contributed by atoms with Crippen molar-refractivity contribution in [2.75, 3.05) is 27.2 Å². The third-order valence-electron chi connectivity index (χ3n) is 2.11. The van der Waals surface area contributed by atoms with Gasteiger partial charge in [0.15, 0.2) is 15.9 Å². The average molecular weight is 277 g/mol. The quantitative estimate of drug-likeness (QED) is 0.366. The Bertz CT molecular complexity index is 375. The monoisotopic (exact) mass is 277 g/mol. The largest absolute Gasteiger partial charge is 0.741 e. The van der Waals surface area contributed by atoms with Crippen molar-refractivity contribution >= 4 is 15.9 Å². The maximum atomic E-state index is 10.9. The summed E-state index contributed by atoms with van der Waals surface area (Å²) in [6.45, 7) is 1.89. The number of carbonyl (C=O) groups is 1. The van der Waals surface area contributed by atoms with E-state index < -0.39 is 15.6 Å². The normalized spacial score (nSPS) is 20.5. The number of alkyl halides is 3. The number of quaternary nitrogens is 1. The van der Waals surface area contributed by atoms with Crippen molar-refractivity contribution in [2.24, 2.45) is 0 Å². The number of carbonyl (C=O) groups excluding carboxylic acids is 1. The molecule has 0 bridgehead atoms. The lowest BCUT2D eigenvalue weighted by atomic mass is 10.1. The van der Waals surface area contributed by atoms with Crippen molar-refractivity contribution < 1.29 is 35.4 Å². The number of hydrogen-bond acceptors (Lipinski definition) is 4. The second-order valence-corrected chi connectivity index (χ2v) is 5.73. The predicted molar refractivity (Wildman–Crippen MR) is 51.8 cm³/mol. The molecule has 0 radical (unpaired) electrons. The zero-order valence-corrected chi connectivity index (χ0v) is 10.3. The molecule has 1 fully saturated rings. The van der Waals surface area contributed by atoms with E-state index in [4.69, 9.17) is 13.0 Å². The van der Waals surface area contributed by atoms with Crippen LogP contribution >= 0.6 is 0 Å². The lowest BCUT2D eigenvalue weighted by Gasteiger charge is -2.32. The Labute approximate surface area is 97.6 Å². The molecule has 0 atom stereocenters. The van der Waals surface area contributed by atoms with Crippen LogP contribution in [-0.2, 0) is 14.9 Å². The van der Waals surface area contributed by atoms with E-state index >= 15 is 0 Å². The molecule has 9 heteroatoms. The Morgan fingerprint density at radius 2 is 1.71 bits per heavy atom. The highest BCUT2D eigenvalue weighted by Gasteiger charge is 2.36. The molecular formula is C8H14F3NO4S. The fourth-order valence-corrected chi connectivity index (χ4v) is 1.34. The summed E-state index contributed by atoms with van der Waals surface area (Å²) in [4.78, 5) is 10.9. The van der Waals surface area contributed by atoms with Gasteiger partial charge >= 0.3 is 5.51 Å². The number of nitrogens with zero attached hydrogens (tertiary/aromatic N) is 1. The predicted octanol–water partition coefficient (Wildman–Crippen LogP) is 0.477. The van der Waals surface area contributed by atoms with Gasteiger partial charge in [-0.2, -0.15) is 13.2 Å². The van der Waals surface area contributed by atoms with Crippen LogP contribution < -0.4 is 0 Å². The molecule has 1 aliphatic rings. The zero-order chi connectivity index (χ0) is 13.9. The topological polar surface area (TPSA) is 74.3 Å². The number of ketones is 1. The highest BCUT2D eigenvalue weighted by molar-refractivity contribution is 7.86. The van der Waals surface area contributed by atoms with Crippen LogP contribution in [0.3, 0.4) is 0 Å². The Morgan fingerprint density at radius 3 is 1.88 bits per heavy atom. The van der Waals surface area contributed by atoms with E-state index in [-0.39, 0.29) is 0 Å². The van der Waals surface area contributed by atoms with Crippen molar-refractivity contribution in [3.8, 4) is 0 Å². The van der Waals surface area contributed by atoms with Crippen LogP contribution in [0.25, 0.3) is 0 Å². The third-order valence-corrected chi connectivity index (χ3v) is 2.67.